The van der Waals surface area contributed by atoms with Gasteiger partial charge in [0.2, 0.25) is 6.04 Å². The van der Waals surface area contributed by atoms with Crippen molar-refractivity contribution in [2.45, 2.75) is 12.0 Å². The van der Waals surface area contributed by atoms with Crippen LogP contribution in [0.4, 0.5) is 4.39 Å². The summed E-state index contributed by atoms with van der Waals surface area (Å²) in [5, 5.41) is 12.3. The van der Waals surface area contributed by atoms with Gasteiger partial charge < -0.3 is 10.7 Å². The summed E-state index contributed by atoms with van der Waals surface area (Å²) < 4.78 is 15.2. The first-order valence-electron chi connectivity index (χ1n) is 8.87. The summed E-state index contributed by atoms with van der Waals surface area (Å²) in [6.45, 7) is 0. The van der Waals surface area contributed by atoms with Gasteiger partial charge in [-0.2, -0.15) is 4.57 Å². The van der Waals surface area contributed by atoms with E-state index >= 15 is 0 Å². The third kappa shape index (κ3) is 3.61. The van der Waals surface area contributed by atoms with Crippen LogP contribution in [-0.4, -0.2) is 21.7 Å². The Kier molecular flexibility index (Phi) is 5.08. The number of benzene rings is 1. The van der Waals surface area contributed by atoms with E-state index in [1.54, 1.807) is 41.5 Å². The second-order valence-electron chi connectivity index (χ2n) is 6.59. The number of piperidine rings is 1. The van der Waals surface area contributed by atoms with Gasteiger partial charge in [0.25, 0.3) is 5.91 Å². The molecule has 1 N–H and O–H groups in total. The first kappa shape index (κ1) is 18.8. The van der Waals surface area contributed by atoms with Crippen molar-refractivity contribution in [3.8, 4) is 11.1 Å². The maximum atomic E-state index is 13.4. The van der Waals surface area contributed by atoms with E-state index in [0.717, 1.165) is 11.1 Å². The molecule has 1 aliphatic heterocycles. The molecule has 1 aliphatic rings. The van der Waals surface area contributed by atoms with E-state index in [0.29, 0.717) is 5.56 Å². The Morgan fingerprint density at radius 2 is 1.66 bits per heavy atom. The average Bonchev–Trinajstić information content (AvgIpc) is 2.75. The summed E-state index contributed by atoms with van der Waals surface area (Å²) in [6.07, 6.45) is 7.01. The maximum Gasteiger partial charge on any atom is 0.295 e. The highest BCUT2D eigenvalue weighted by atomic mass is 32.1. The van der Waals surface area contributed by atoms with Gasteiger partial charge in [-0.25, -0.2) is 4.39 Å². The monoisotopic (exact) mass is 402 g/mol. The Morgan fingerprint density at radius 3 is 2.28 bits per heavy atom. The number of pyridine rings is 2. The zero-order chi connectivity index (χ0) is 20.4. The fourth-order valence-corrected chi connectivity index (χ4v) is 3.78. The number of carbonyl (C=O) groups excluding carboxylic acids is 1. The van der Waals surface area contributed by atoms with Crippen LogP contribution in [0.2, 0.25) is 0 Å². The number of rotatable bonds is 3. The summed E-state index contributed by atoms with van der Waals surface area (Å²) in [4.78, 5) is 17.0. The molecule has 1 amide bonds. The average molecular weight is 402 g/mol. The first-order valence-corrected chi connectivity index (χ1v) is 9.28. The topological polar surface area (TPSA) is 68.2 Å². The first-order chi connectivity index (χ1) is 14.1. The highest BCUT2D eigenvalue weighted by molar-refractivity contribution is 7.80. The van der Waals surface area contributed by atoms with Crippen molar-refractivity contribution in [1.82, 2.24) is 10.3 Å². The maximum absolute atomic E-state index is 13.4. The van der Waals surface area contributed by atoms with Crippen molar-refractivity contribution in [2.75, 3.05) is 0 Å². The van der Waals surface area contributed by atoms with Crippen molar-refractivity contribution in [3.05, 3.63) is 95.7 Å². The van der Waals surface area contributed by atoms with E-state index in [4.69, 9.17) is 12.2 Å². The Bertz CT molecular complexity index is 1120. The van der Waals surface area contributed by atoms with E-state index in [2.05, 4.69) is 16.2 Å². The van der Waals surface area contributed by atoms with Gasteiger partial charge in [-0.15, -0.1) is 0 Å². The molecule has 2 atom stereocenters. The predicted octanol–water partition coefficient (Wildman–Crippen LogP) is 3.12. The summed E-state index contributed by atoms with van der Waals surface area (Å²) in [5.41, 5.74) is 2.90. The minimum Gasteiger partial charge on any atom is -0.763 e. The van der Waals surface area contributed by atoms with E-state index in [9.17, 15) is 14.6 Å². The molecule has 1 fully saturated rings. The van der Waals surface area contributed by atoms with Crippen LogP contribution in [-0.2, 0) is 4.79 Å². The Labute approximate surface area is 172 Å². The molecule has 0 spiro atoms. The van der Waals surface area contributed by atoms with Gasteiger partial charge in [0.1, 0.15) is 10.8 Å². The minimum atomic E-state index is -0.728. The fraction of sp³-hybridized carbons (Fsp3) is 0.0909. The highest BCUT2D eigenvalue weighted by Crippen LogP contribution is 2.35. The van der Waals surface area contributed by atoms with Gasteiger partial charge in [0.05, 0.1) is 5.92 Å². The smallest absolute Gasteiger partial charge is 0.295 e. The number of nitrogens with zero attached hydrogens (tertiary/aromatic N) is 3. The highest BCUT2D eigenvalue weighted by Gasteiger charge is 2.44. The molecule has 0 bridgehead atoms. The van der Waals surface area contributed by atoms with Gasteiger partial charge in [0.15, 0.2) is 12.4 Å². The molecule has 3 aromatic rings. The Hall–Kier alpha value is -3.54. The fourth-order valence-electron chi connectivity index (χ4n) is 3.51. The lowest BCUT2D eigenvalue weighted by Crippen LogP contribution is -2.56. The van der Waals surface area contributed by atoms with Crippen LogP contribution in [0.15, 0.2) is 78.9 Å². The normalized spacial score (nSPS) is 18.9. The number of halogens is 1. The van der Waals surface area contributed by atoms with Gasteiger partial charge in [-0.3, -0.25) is 15.6 Å². The van der Waals surface area contributed by atoms with Crippen LogP contribution in [0.25, 0.3) is 16.5 Å². The third-order valence-electron chi connectivity index (χ3n) is 4.91. The number of aromatic nitrogens is 2. The van der Waals surface area contributed by atoms with Gasteiger partial charge in [-0.05, 0) is 41.0 Å². The Balaban J connectivity index is 1.78. The van der Waals surface area contributed by atoms with Crippen LogP contribution in [0.5, 0.6) is 0 Å². The molecule has 3 heterocycles. The summed E-state index contributed by atoms with van der Waals surface area (Å²) in [7, 11) is 0. The number of hydrogen-bond acceptors (Lipinski definition) is 3. The molecule has 0 unspecified atom stereocenters. The summed E-state index contributed by atoms with van der Waals surface area (Å²) >= 11 is 5.21. The number of nitrogens with one attached hydrogen (secondary N) is 1. The number of hydrogen-bond donors (Lipinski definition) is 1. The Morgan fingerprint density at radius 1 is 1.03 bits per heavy atom. The standard InChI is InChI=1S/C22H15FN4OS/c23-17-3-1-16(2-4-17)19-18(13-24)22(29)26-21(28)20(19)27-11-7-15(8-12-27)14-5-9-25-10-6-14/h1-12,19-20H,(H,26,28,29)/t19-,20-/m1/s1. The zero-order valence-corrected chi connectivity index (χ0v) is 15.9. The van der Waals surface area contributed by atoms with Crippen LogP contribution >= 0.6 is 12.2 Å². The zero-order valence-electron chi connectivity index (χ0n) is 15.1. The van der Waals surface area contributed by atoms with Crippen molar-refractivity contribution in [1.29, 1.82) is 0 Å². The largest absolute Gasteiger partial charge is 0.763 e. The van der Waals surface area contributed by atoms with Crippen molar-refractivity contribution in [3.63, 3.8) is 0 Å². The van der Waals surface area contributed by atoms with Crippen molar-refractivity contribution >= 4 is 29.0 Å². The molecule has 0 saturated carbocycles. The van der Waals surface area contributed by atoms with E-state index in [1.165, 1.54) is 12.1 Å². The summed E-state index contributed by atoms with van der Waals surface area (Å²) in [6, 6.07) is 12.6. The molecular weight excluding hydrogens is 387 g/mol. The van der Waals surface area contributed by atoms with Crippen LogP contribution in [0.1, 0.15) is 17.5 Å². The van der Waals surface area contributed by atoms with Crippen LogP contribution in [0, 0.1) is 5.82 Å². The van der Waals surface area contributed by atoms with E-state index in [-0.39, 0.29) is 22.3 Å². The molecule has 29 heavy (non-hydrogen) atoms. The van der Waals surface area contributed by atoms with Crippen LogP contribution in [0.3, 0.4) is 0 Å². The second-order valence-corrected chi connectivity index (χ2v) is 7.00. The molecule has 0 radical (unpaired) electrons. The van der Waals surface area contributed by atoms with Gasteiger partial charge in [-0.1, -0.05) is 24.4 Å². The number of amides is 1. The minimum absolute atomic E-state index is 0.108. The molecule has 142 valence electrons. The third-order valence-corrected chi connectivity index (χ3v) is 5.24. The van der Waals surface area contributed by atoms with Crippen molar-refractivity contribution in [2.24, 2.45) is 0 Å². The lowest BCUT2D eigenvalue weighted by atomic mass is 9.82. The van der Waals surface area contributed by atoms with Crippen molar-refractivity contribution < 1.29 is 13.8 Å². The second kappa shape index (κ2) is 7.83. The lowest BCUT2D eigenvalue weighted by molar-refractivity contribution is -0.711. The molecular formula is C22H15FN4OS. The summed E-state index contributed by atoms with van der Waals surface area (Å²) in [5.74, 6) is 0.806. The molecule has 5 nitrogen and oxygen atoms in total. The van der Waals surface area contributed by atoms with E-state index in [1.807, 2.05) is 24.3 Å². The van der Waals surface area contributed by atoms with Crippen LogP contribution < -0.4 is 9.88 Å². The molecule has 0 aliphatic carbocycles. The molecule has 4 rings (SSSR count). The quantitative estimate of drug-likeness (QED) is 0.317. The number of thiocarbonyl (C=S) groups is 1. The molecule has 1 aromatic carbocycles. The SMILES string of the molecule is [N-]=C=C1C(=S)NC(=O)[C@H]([n+]2ccc(-c3ccncc3)cc2)[C@@H]1c1ccc(F)cc1. The number of carbonyl (C=O) groups is 1. The molecule has 1 saturated heterocycles. The van der Waals surface area contributed by atoms with Gasteiger partial charge >= 0.3 is 0 Å². The molecule has 2 aromatic heterocycles. The molecule has 7 heteroatoms. The van der Waals surface area contributed by atoms with Gasteiger partial charge in [0, 0.05) is 30.1 Å². The predicted molar refractivity (Wildman–Crippen MR) is 111 cm³/mol. The lowest BCUT2D eigenvalue weighted by Gasteiger charge is -2.30. The van der Waals surface area contributed by atoms with E-state index < -0.39 is 12.0 Å².